The van der Waals surface area contributed by atoms with E-state index in [2.05, 4.69) is 51.7 Å². The molecule has 0 spiro atoms. The molecule has 1 nitrogen and oxygen atoms in total. The van der Waals surface area contributed by atoms with E-state index in [4.69, 9.17) is 0 Å². The van der Waals surface area contributed by atoms with Crippen LogP contribution in [0.5, 0.6) is 0 Å². The minimum absolute atomic E-state index is 0.748. The van der Waals surface area contributed by atoms with Crippen molar-refractivity contribution in [1.29, 1.82) is 0 Å². The van der Waals surface area contributed by atoms with Crippen LogP contribution in [-0.2, 0) is 0 Å². The van der Waals surface area contributed by atoms with Crippen LogP contribution in [0.2, 0.25) is 0 Å². The molecule has 1 N–H and O–H groups in total. The highest BCUT2D eigenvalue weighted by Gasteiger charge is 2.33. The molecular weight excluding hydrogens is 226 g/mol. The molecule has 0 bridgehead atoms. The van der Waals surface area contributed by atoms with E-state index in [0.717, 1.165) is 29.0 Å². The van der Waals surface area contributed by atoms with Gasteiger partial charge in [0.25, 0.3) is 0 Å². The molecule has 0 amide bonds. The Hall–Kier alpha value is 0.310. The summed E-state index contributed by atoms with van der Waals surface area (Å²) in [4.78, 5) is 0. The van der Waals surface area contributed by atoms with Crippen molar-refractivity contribution in [2.24, 2.45) is 17.8 Å². The van der Waals surface area contributed by atoms with Gasteiger partial charge in [-0.3, -0.25) is 0 Å². The lowest BCUT2D eigenvalue weighted by Gasteiger charge is -2.40. The van der Waals surface area contributed by atoms with Crippen molar-refractivity contribution in [1.82, 2.24) is 5.32 Å². The molecule has 2 heteroatoms. The number of hydrogen-bond donors (Lipinski definition) is 1. The number of hydrogen-bond acceptors (Lipinski definition) is 2. The summed E-state index contributed by atoms with van der Waals surface area (Å²) in [6, 6.07) is 0.748. The van der Waals surface area contributed by atoms with Crippen LogP contribution >= 0.6 is 11.8 Å². The lowest BCUT2D eigenvalue weighted by Crippen LogP contribution is -2.46. The minimum atomic E-state index is 0.748. The maximum absolute atomic E-state index is 3.79. The lowest BCUT2D eigenvalue weighted by atomic mass is 9.80. The molecule has 1 aliphatic rings. The van der Waals surface area contributed by atoms with Crippen molar-refractivity contribution in [2.45, 2.75) is 65.2 Å². The molecule has 0 aromatic heterocycles. The highest BCUT2D eigenvalue weighted by Crippen LogP contribution is 2.37. The SMILES string of the molecule is CCCNC1CC(C)CC(C)C1SCC(C)C. The smallest absolute Gasteiger partial charge is 0.0227 e. The maximum Gasteiger partial charge on any atom is 0.0227 e. The van der Waals surface area contributed by atoms with Crippen molar-refractivity contribution in [2.75, 3.05) is 12.3 Å². The van der Waals surface area contributed by atoms with Gasteiger partial charge >= 0.3 is 0 Å². The molecule has 0 aliphatic heterocycles. The predicted octanol–water partition coefficient (Wildman–Crippen LogP) is 4.18. The average molecular weight is 257 g/mol. The summed E-state index contributed by atoms with van der Waals surface area (Å²) in [5.41, 5.74) is 0. The van der Waals surface area contributed by atoms with Crippen LogP contribution in [-0.4, -0.2) is 23.6 Å². The molecule has 102 valence electrons. The van der Waals surface area contributed by atoms with Crippen LogP contribution in [0.25, 0.3) is 0 Å². The van der Waals surface area contributed by atoms with Gasteiger partial charge in [-0.2, -0.15) is 11.8 Å². The molecule has 0 saturated heterocycles. The van der Waals surface area contributed by atoms with E-state index >= 15 is 0 Å². The van der Waals surface area contributed by atoms with E-state index in [1.54, 1.807) is 0 Å². The topological polar surface area (TPSA) is 12.0 Å². The quantitative estimate of drug-likeness (QED) is 0.766. The van der Waals surface area contributed by atoms with Crippen molar-refractivity contribution >= 4 is 11.8 Å². The van der Waals surface area contributed by atoms with Crippen molar-refractivity contribution in [3.05, 3.63) is 0 Å². The molecular formula is C15H31NS. The van der Waals surface area contributed by atoms with Crippen molar-refractivity contribution in [3.63, 3.8) is 0 Å². The van der Waals surface area contributed by atoms with Crippen LogP contribution in [0.4, 0.5) is 0 Å². The van der Waals surface area contributed by atoms with Gasteiger partial charge in [-0.05, 0) is 49.3 Å². The van der Waals surface area contributed by atoms with Gasteiger partial charge in [0.1, 0.15) is 0 Å². The van der Waals surface area contributed by atoms with Crippen molar-refractivity contribution < 1.29 is 0 Å². The summed E-state index contributed by atoms with van der Waals surface area (Å²) in [6.07, 6.45) is 4.04. The standard InChI is InChI=1S/C15H31NS/c1-6-7-16-14-9-12(4)8-13(5)15(14)17-10-11(2)3/h11-16H,6-10H2,1-5H3. The highest BCUT2D eigenvalue weighted by atomic mass is 32.2. The third kappa shape index (κ3) is 5.21. The van der Waals surface area contributed by atoms with Gasteiger partial charge in [0.2, 0.25) is 0 Å². The first-order valence-corrected chi connectivity index (χ1v) is 8.44. The second-order valence-electron chi connectivity index (χ2n) is 6.31. The summed E-state index contributed by atoms with van der Waals surface area (Å²) >= 11 is 2.21. The van der Waals surface area contributed by atoms with E-state index in [0.29, 0.717) is 0 Å². The molecule has 0 heterocycles. The first-order valence-electron chi connectivity index (χ1n) is 7.39. The zero-order valence-corrected chi connectivity index (χ0v) is 13.1. The predicted molar refractivity (Wildman–Crippen MR) is 80.7 cm³/mol. The van der Waals surface area contributed by atoms with Crippen LogP contribution in [0.1, 0.15) is 53.9 Å². The summed E-state index contributed by atoms with van der Waals surface area (Å²) in [5, 5.41) is 4.62. The second kappa shape index (κ2) is 7.68. The Morgan fingerprint density at radius 1 is 1.24 bits per heavy atom. The van der Waals surface area contributed by atoms with E-state index in [9.17, 15) is 0 Å². The molecule has 0 aromatic carbocycles. The molecule has 17 heavy (non-hydrogen) atoms. The Morgan fingerprint density at radius 3 is 2.53 bits per heavy atom. The summed E-state index contributed by atoms with van der Waals surface area (Å²) < 4.78 is 0. The molecule has 0 radical (unpaired) electrons. The van der Waals surface area contributed by atoms with E-state index in [-0.39, 0.29) is 0 Å². The zero-order valence-electron chi connectivity index (χ0n) is 12.3. The fourth-order valence-electron chi connectivity index (χ4n) is 2.94. The van der Waals surface area contributed by atoms with Gasteiger partial charge in [0, 0.05) is 11.3 Å². The largest absolute Gasteiger partial charge is 0.313 e. The normalized spacial score (nSPS) is 34.2. The van der Waals surface area contributed by atoms with Crippen LogP contribution in [0.3, 0.4) is 0 Å². The Balaban J connectivity index is 2.52. The van der Waals surface area contributed by atoms with Gasteiger partial charge in [-0.15, -0.1) is 0 Å². The molecule has 1 aliphatic carbocycles. The summed E-state index contributed by atoms with van der Waals surface area (Å²) in [7, 11) is 0. The van der Waals surface area contributed by atoms with E-state index in [1.807, 2.05) is 0 Å². The van der Waals surface area contributed by atoms with Gasteiger partial charge in [-0.25, -0.2) is 0 Å². The van der Waals surface area contributed by atoms with Crippen LogP contribution < -0.4 is 5.32 Å². The average Bonchev–Trinajstić information content (AvgIpc) is 2.24. The lowest BCUT2D eigenvalue weighted by molar-refractivity contribution is 0.249. The fourth-order valence-corrected chi connectivity index (χ4v) is 4.43. The Kier molecular flexibility index (Phi) is 6.94. The van der Waals surface area contributed by atoms with Crippen LogP contribution in [0.15, 0.2) is 0 Å². The first-order chi connectivity index (χ1) is 8.04. The number of rotatable bonds is 6. The van der Waals surface area contributed by atoms with E-state index < -0.39 is 0 Å². The number of thioether (sulfide) groups is 1. The molecule has 1 rings (SSSR count). The van der Waals surface area contributed by atoms with Gasteiger partial charge in [-0.1, -0.05) is 34.6 Å². The molecule has 0 aromatic rings. The third-order valence-electron chi connectivity index (χ3n) is 3.67. The molecule has 1 saturated carbocycles. The number of nitrogens with one attached hydrogen (secondary N) is 1. The minimum Gasteiger partial charge on any atom is -0.313 e. The van der Waals surface area contributed by atoms with Crippen molar-refractivity contribution in [3.8, 4) is 0 Å². The Labute approximate surface area is 113 Å². The maximum atomic E-state index is 3.79. The fraction of sp³-hybridized carbons (Fsp3) is 1.00. The van der Waals surface area contributed by atoms with Crippen LogP contribution in [0, 0.1) is 17.8 Å². The van der Waals surface area contributed by atoms with E-state index in [1.165, 1.54) is 31.6 Å². The monoisotopic (exact) mass is 257 g/mol. The van der Waals surface area contributed by atoms with Gasteiger partial charge < -0.3 is 5.32 Å². The molecule has 4 unspecified atom stereocenters. The summed E-state index contributed by atoms with van der Waals surface area (Å²) in [5.74, 6) is 3.90. The Morgan fingerprint density at radius 2 is 1.94 bits per heavy atom. The zero-order chi connectivity index (χ0) is 12.8. The van der Waals surface area contributed by atoms with Gasteiger partial charge in [0.05, 0.1) is 0 Å². The first kappa shape index (κ1) is 15.4. The summed E-state index contributed by atoms with van der Waals surface area (Å²) in [6.45, 7) is 13.0. The molecule has 1 fully saturated rings. The second-order valence-corrected chi connectivity index (χ2v) is 7.52. The third-order valence-corrected chi connectivity index (χ3v) is 5.70. The highest BCUT2D eigenvalue weighted by molar-refractivity contribution is 8.00. The molecule has 4 atom stereocenters. The van der Waals surface area contributed by atoms with Gasteiger partial charge in [0.15, 0.2) is 0 Å². The Bertz CT molecular complexity index is 205.